The summed E-state index contributed by atoms with van der Waals surface area (Å²) >= 11 is 6.01. The summed E-state index contributed by atoms with van der Waals surface area (Å²) in [6.07, 6.45) is 2.43. The number of carbonyl (C=O) groups excluding carboxylic acids is 1. The van der Waals surface area contributed by atoms with Crippen molar-refractivity contribution >= 4 is 23.2 Å². The van der Waals surface area contributed by atoms with Crippen LogP contribution in [-0.4, -0.2) is 25.5 Å². The molecule has 1 aromatic rings. The third-order valence-corrected chi connectivity index (χ3v) is 3.87. The Morgan fingerprint density at radius 2 is 2.06 bits per heavy atom. The van der Waals surface area contributed by atoms with E-state index < -0.39 is 0 Å². The second-order valence-electron chi connectivity index (χ2n) is 5.14. The van der Waals surface area contributed by atoms with Crippen LogP contribution >= 0.6 is 11.6 Å². The van der Waals surface area contributed by atoms with Crippen LogP contribution in [-0.2, 0) is 4.79 Å². The number of nitrogens with one attached hydrogen (secondary N) is 2. The van der Waals surface area contributed by atoms with Crippen molar-refractivity contribution in [1.29, 1.82) is 0 Å². The summed E-state index contributed by atoms with van der Waals surface area (Å²) in [4.78, 5) is 13.3. The molecule has 3 nitrogen and oxygen atoms in total. The fraction of sp³-hybridized carbons (Fsp3) is 0.500. The number of rotatable bonds is 3. The maximum absolute atomic E-state index is 11.9. The number of hydrogen-bond donors (Lipinski definition) is 2. The monoisotopic (exact) mass is 267 g/mol. The SMILES string of the molecule is CC1CC[NH+](CC(=O)Nc2ccccc2Cl)CC1. The third-order valence-electron chi connectivity index (χ3n) is 3.54. The summed E-state index contributed by atoms with van der Waals surface area (Å²) in [5.41, 5.74) is 0.703. The van der Waals surface area contributed by atoms with E-state index in [1.807, 2.05) is 18.2 Å². The Hall–Kier alpha value is -1.06. The number of carbonyl (C=O) groups is 1. The van der Waals surface area contributed by atoms with Crippen molar-refractivity contribution in [2.75, 3.05) is 25.0 Å². The van der Waals surface area contributed by atoms with Crippen molar-refractivity contribution in [3.8, 4) is 0 Å². The van der Waals surface area contributed by atoms with Crippen molar-refractivity contribution in [1.82, 2.24) is 0 Å². The van der Waals surface area contributed by atoms with Gasteiger partial charge in [-0.1, -0.05) is 30.7 Å². The molecule has 1 heterocycles. The van der Waals surface area contributed by atoms with E-state index in [1.165, 1.54) is 17.7 Å². The van der Waals surface area contributed by atoms with Gasteiger partial charge < -0.3 is 10.2 Å². The highest BCUT2D eigenvalue weighted by atomic mass is 35.5. The maximum Gasteiger partial charge on any atom is 0.279 e. The highest BCUT2D eigenvalue weighted by Crippen LogP contribution is 2.19. The Labute approximate surface area is 113 Å². The van der Waals surface area contributed by atoms with E-state index in [4.69, 9.17) is 11.6 Å². The van der Waals surface area contributed by atoms with Gasteiger partial charge in [0, 0.05) is 0 Å². The molecule has 1 saturated heterocycles. The lowest BCUT2D eigenvalue weighted by molar-refractivity contribution is -0.897. The molecule has 1 aliphatic rings. The fourth-order valence-corrected chi connectivity index (χ4v) is 2.51. The number of quaternary nitrogens is 1. The highest BCUT2D eigenvalue weighted by molar-refractivity contribution is 6.33. The molecular formula is C14H20ClN2O+. The Bertz CT molecular complexity index is 414. The number of halogens is 1. The van der Waals surface area contributed by atoms with Crippen LogP contribution in [0.3, 0.4) is 0 Å². The van der Waals surface area contributed by atoms with Crippen molar-refractivity contribution < 1.29 is 9.69 Å². The number of piperidine rings is 1. The molecule has 0 bridgehead atoms. The minimum Gasteiger partial charge on any atom is -0.327 e. The van der Waals surface area contributed by atoms with E-state index in [9.17, 15) is 4.79 Å². The van der Waals surface area contributed by atoms with Gasteiger partial charge in [-0.25, -0.2) is 0 Å². The van der Waals surface area contributed by atoms with Gasteiger partial charge in [0.2, 0.25) is 0 Å². The van der Waals surface area contributed by atoms with Crippen LogP contribution in [0.2, 0.25) is 5.02 Å². The highest BCUT2D eigenvalue weighted by Gasteiger charge is 2.21. The molecule has 0 aromatic heterocycles. The van der Waals surface area contributed by atoms with Gasteiger partial charge in [-0.15, -0.1) is 0 Å². The first-order valence-corrected chi connectivity index (χ1v) is 6.91. The molecule has 0 unspecified atom stereocenters. The van der Waals surface area contributed by atoms with E-state index in [-0.39, 0.29) is 5.91 Å². The van der Waals surface area contributed by atoms with E-state index in [0.29, 0.717) is 17.3 Å². The normalized spacial score (nSPS) is 23.7. The molecule has 1 aromatic carbocycles. The fourth-order valence-electron chi connectivity index (χ4n) is 2.33. The molecule has 0 radical (unpaired) electrons. The number of amides is 1. The lowest BCUT2D eigenvalue weighted by Gasteiger charge is -2.26. The van der Waals surface area contributed by atoms with E-state index >= 15 is 0 Å². The Kier molecular flexibility index (Phi) is 4.61. The minimum atomic E-state index is 0.0488. The molecule has 18 heavy (non-hydrogen) atoms. The molecule has 0 atom stereocenters. The zero-order chi connectivity index (χ0) is 13.0. The summed E-state index contributed by atoms with van der Waals surface area (Å²) in [6.45, 7) is 5.01. The minimum absolute atomic E-state index is 0.0488. The van der Waals surface area contributed by atoms with Crippen LogP contribution in [0.1, 0.15) is 19.8 Å². The van der Waals surface area contributed by atoms with Gasteiger partial charge in [0.1, 0.15) is 0 Å². The Morgan fingerprint density at radius 3 is 2.72 bits per heavy atom. The summed E-state index contributed by atoms with van der Waals surface area (Å²) in [7, 11) is 0. The maximum atomic E-state index is 11.9. The predicted molar refractivity (Wildman–Crippen MR) is 74.0 cm³/mol. The van der Waals surface area contributed by atoms with Crippen molar-refractivity contribution in [2.45, 2.75) is 19.8 Å². The van der Waals surface area contributed by atoms with Crippen LogP contribution in [0, 0.1) is 5.92 Å². The standard InChI is InChI=1S/C14H19ClN2O/c1-11-6-8-17(9-7-11)10-14(18)16-13-5-3-2-4-12(13)15/h2-5,11H,6-10H2,1H3,(H,16,18)/p+1. The lowest BCUT2D eigenvalue weighted by atomic mass is 9.99. The number of benzene rings is 1. The average molecular weight is 268 g/mol. The second-order valence-corrected chi connectivity index (χ2v) is 5.54. The van der Waals surface area contributed by atoms with Gasteiger partial charge in [0.05, 0.1) is 23.8 Å². The first-order valence-electron chi connectivity index (χ1n) is 6.53. The molecule has 0 saturated carbocycles. The smallest absolute Gasteiger partial charge is 0.279 e. The van der Waals surface area contributed by atoms with Gasteiger partial charge in [0.15, 0.2) is 6.54 Å². The summed E-state index contributed by atoms with van der Waals surface area (Å²) in [6, 6.07) is 7.34. The third kappa shape index (κ3) is 3.72. The van der Waals surface area contributed by atoms with Gasteiger partial charge in [-0.05, 0) is 30.9 Å². The molecule has 2 rings (SSSR count). The molecule has 4 heteroatoms. The number of likely N-dealkylation sites (tertiary alicyclic amines) is 1. The van der Waals surface area contributed by atoms with Gasteiger partial charge in [0.25, 0.3) is 5.91 Å². The van der Waals surface area contributed by atoms with Crippen molar-refractivity contribution in [2.24, 2.45) is 5.92 Å². The summed E-state index contributed by atoms with van der Waals surface area (Å²) in [5.74, 6) is 0.855. The first-order chi connectivity index (χ1) is 8.65. The molecule has 2 N–H and O–H groups in total. The molecule has 0 aliphatic carbocycles. The summed E-state index contributed by atoms with van der Waals surface area (Å²) < 4.78 is 0. The largest absolute Gasteiger partial charge is 0.327 e. The zero-order valence-corrected chi connectivity index (χ0v) is 11.5. The molecule has 1 amide bonds. The molecule has 1 fully saturated rings. The topological polar surface area (TPSA) is 33.5 Å². The molecule has 98 valence electrons. The van der Waals surface area contributed by atoms with Crippen LogP contribution in [0.4, 0.5) is 5.69 Å². The van der Waals surface area contributed by atoms with Gasteiger partial charge >= 0.3 is 0 Å². The number of hydrogen-bond acceptors (Lipinski definition) is 1. The van der Waals surface area contributed by atoms with Crippen LogP contribution in [0.5, 0.6) is 0 Å². The average Bonchev–Trinajstić information content (AvgIpc) is 2.35. The second kappa shape index (κ2) is 6.21. The number of para-hydroxylation sites is 1. The molecule has 0 spiro atoms. The van der Waals surface area contributed by atoms with E-state index in [0.717, 1.165) is 19.0 Å². The molecular weight excluding hydrogens is 248 g/mol. The van der Waals surface area contributed by atoms with E-state index in [1.54, 1.807) is 6.07 Å². The van der Waals surface area contributed by atoms with Crippen molar-refractivity contribution in [3.05, 3.63) is 29.3 Å². The van der Waals surface area contributed by atoms with Crippen LogP contribution in [0.25, 0.3) is 0 Å². The van der Waals surface area contributed by atoms with Gasteiger partial charge in [-0.2, -0.15) is 0 Å². The van der Waals surface area contributed by atoms with Gasteiger partial charge in [-0.3, -0.25) is 4.79 Å². The van der Waals surface area contributed by atoms with Crippen LogP contribution < -0.4 is 10.2 Å². The molecule has 1 aliphatic heterocycles. The van der Waals surface area contributed by atoms with Crippen molar-refractivity contribution in [3.63, 3.8) is 0 Å². The van der Waals surface area contributed by atoms with Crippen LogP contribution in [0.15, 0.2) is 24.3 Å². The Morgan fingerprint density at radius 1 is 1.39 bits per heavy atom. The zero-order valence-electron chi connectivity index (χ0n) is 10.7. The number of anilines is 1. The first kappa shape index (κ1) is 13.4. The predicted octanol–water partition coefficient (Wildman–Crippen LogP) is 1.59. The lowest BCUT2D eigenvalue weighted by Crippen LogP contribution is -3.14. The quantitative estimate of drug-likeness (QED) is 0.857. The summed E-state index contributed by atoms with van der Waals surface area (Å²) in [5, 5.41) is 3.47. The van der Waals surface area contributed by atoms with E-state index in [2.05, 4.69) is 12.2 Å². The Balaban J connectivity index is 1.84.